The highest BCUT2D eigenvalue weighted by Gasteiger charge is 2.25. The zero-order chi connectivity index (χ0) is 17.7. The van der Waals surface area contributed by atoms with E-state index in [1.807, 2.05) is 13.8 Å². The molecule has 1 aromatic heterocycles. The van der Waals surface area contributed by atoms with Crippen molar-refractivity contribution in [3.63, 3.8) is 0 Å². The summed E-state index contributed by atoms with van der Waals surface area (Å²) in [6.07, 6.45) is 0.548. The molecule has 2 rings (SSSR count). The van der Waals surface area contributed by atoms with Gasteiger partial charge in [-0.1, -0.05) is 19.9 Å². The number of nitriles is 1. The molecular weight excluding hydrogens is 307 g/mol. The molecule has 0 fully saturated rings. The Bertz CT molecular complexity index is 781. The quantitative estimate of drug-likeness (QED) is 0.743. The molecule has 0 saturated carbocycles. The fourth-order valence-electron chi connectivity index (χ4n) is 2.58. The third-order valence-corrected chi connectivity index (χ3v) is 3.80. The fraction of sp³-hybridized carbons (Fsp3) is 0.421. The molecule has 2 aromatic rings. The normalized spacial score (nSPS) is 12.2. The van der Waals surface area contributed by atoms with E-state index < -0.39 is 5.92 Å². The molecule has 0 aliphatic rings. The highest BCUT2D eigenvalue weighted by Crippen LogP contribution is 2.29. The van der Waals surface area contributed by atoms with Crippen LogP contribution >= 0.6 is 0 Å². The molecule has 0 N–H and O–H groups in total. The van der Waals surface area contributed by atoms with E-state index in [9.17, 15) is 9.18 Å². The summed E-state index contributed by atoms with van der Waals surface area (Å²) >= 11 is 0. The van der Waals surface area contributed by atoms with Crippen LogP contribution in [0.25, 0.3) is 10.9 Å². The summed E-state index contributed by atoms with van der Waals surface area (Å²) < 4.78 is 19.4. The first-order valence-electron chi connectivity index (χ1n) is 8.03. The Morgan fingerprint density at radius 1 is 1.42 bits per heavy atom. The van der Waals surface area contributed by atoms with Gasteiger partial charge in [-0.05, 0) is 43.0 Å². The Morgan fingerprint density at radius 2 is 2.17 bits per heavy atom. The van der Waals surface area contributed by atoms with E-state index >= 15 is 0 Å². The van der Waals surface area contributed by atoms with Crippen molar-refractivity contribution in [1.29, 1.82) is 5.26 Å². The van der Waals surface area contributed by atoms with Gasteiger partial charge in [-0.25, -0.2) is 4.39 Å². The maximum absolute atomic E-state index is 14.1. The van der Waals surface area contributed by atoms with E-state index in [1.165, 1.54) is 6.07 Å². The maximum Gasteiger partial charge on any atom is 0.313 e. The van der Waals surface area contributed by atoms with Crippen LogP contribution in [0.15, 0.2) is 24.3 Å². The van der Waals surface area contributed by atoms with Gasteiger partial charge in [0.1, 0.15) is 5.82 Å². The molecule has 5 heteroatoms. The van der Waals surface area contributed by atoms with Gasteiger partial charge in [0, 0.05) is 17.5 Å². The van der Waals surface area contributed by atoms with Crippen LogP contribution in [0.2, 0.25) is 0 Å². The molecule has 0 spiro atoms. The first-order chi connectivity index (χ1) is 11.4. The van der Waals surface area contributed by atoms with E-state index in [4.69, 9.17) is 10.00 Å². The number of carbonyl (C=O) groups excluding carboxylic acids is 1. The largest absolute Gasteiger partial charge is 0.465 e. The lowest BCUT2D eigenvalue weighted by atomic mass is 9.92. The smallest absolute Gasteiger partial charge is 0.313 e. The zero-order valence-corrected chi connectivity index (χ0v) is 14.2. The number of rotatable bonds is 6. The van der Waals surface area contributed by atoms with Gasteiger partial charge in [-0.15, -0.1) is 0 Å². The van der Waals surface area contributed by atoms with Crippen LogP contribution in [-0.4, -0.2) is 17.6 Å². The minimum atomic E-state index is -0.611. The average molecular weight is 328 g/mol. The summed E-state index contributed by atoms with van der Waals surface area (Å²) in [4.78, 5) is 16.9. The number of aromatic nitrogens is 1. The molecule has 126 valence electrons. The second kappa shape index (κ2) is 7.87. The van der Waals surface area contributed by atoms with E-state index in [0.717, 1.165) is 0 Å². The number of hydrogen-bond acceptors (Lipinski definition) is 4. The van der Waals surface area contributed by atoms with Crippen molar-refractivity contribution in [2.75, 3.05) is 6.61 Å². The Hall–Kier alpha value is -2.48. The number of carbonyl (C=O) groups is 1. The summed E-state index contributed by atoms with van der Waals surface area (Å²) in [5, 5.41) is 9.24. The first kappa shape index (κ1) is 17.9. The topological polar surface area (TPSA) is 63.0 Å². The number of aryl methyl sites for hydroxylation is 1. The lowest BCUT2D eigenvalue weighted by Gasteiger charge is -2.18. The summed E-state index contributed by atoms with van der Waals surface area (Å²) in [6, 6.07) is 8.42. The molecule has 0 aliphatic heterocycles. The lowest BCUT2D eigenvalue weighted by Crippen LogP contribution is -2.19. The van der Waals surface area contributed by atoms with Crippen LogP contribution < -0.4 is 0 Å². The molecule has 1 unspecified atom stereocenters. The number of halogens is 1. The number of benzene rings is 1. The van der Waals surface area contributed by atoms with Crippen LogP contribution in [0.4, 0.5) is 4.39 Å². The Balaban J connectivity index is 2.43. The predicted molar refractivity (Wildman–Crippen MR) is 89.8 cm³/mol. The molecule has 0 bridgehead atoms. The second-order valence-corrected chi connectivity index (χ2v) is 6.24. The third kappa shape index (κ3) is 4.08. The summed E-state index contributed by atoms with van der Waals surface area (Å²) in [5.74, 6) is -1.16. The van der Waals surface area contributed by atoms with Gasteiger partial charge in [0.25, 0.3) is 0 Å². The molecule has 0 radical (unpaired) electrons. The number of esters is 1. The van der Waals surface area contributed by atoms with Gasteiger partial charge >= 0.3 is 5.97 Å². The summed E-state index contributed by atoms with van der Waals surface area (Å²) in [5.41, 5.74) is 1.82. The average Bonchev–Trinajstić information content (AvgIpc) is 2.54. The van der Waals surface area contributed by atoms with Crippen molar-refractivity contribution in [2.45, 2.75) is 39.5 Å². The molecule has 4 nitrogen and oxygen atoms in total. The second-order valence-electron chi connectivity index (χ2n) is 6.24. The summed E-state index contributed by atoms with van der Waals surface area (Å²) in [6.45, 7) is 6.01. The molecule has 0 amide bonds. The van der Waals surface area contributed by atoms with Crippen molar-refractivity contribution in [2.24, 2.45) is 5.92 Å². The Kier molecular flexibility index (Phi) is 5.86. The molecule has 0 aliphatic carbocycles. The van der Waals surface area contributed by atoms with E-state index in [1.54, 1.807) is 25.1 Å². The zero-order valence-electron chi connectivity index (χ0n) is 14.2. The fourth-order valence-corrected chi connectivity index (χ4v) is 2.58. The Morgan fingerprint density at radius 3 is 2.83 bits per heavy atom. The molecule has 1 heterocycles. The summed E-state index contributed by atoms with van der Waals surface area (Å²) in [7, 11) is 0. The van der Waals surface area contributed by atoms with Gasteiger partial charge in [0.15, 0.2) is 0 Å². The molecule has 0 saturated heterocycles. The highest BCUT2D eigenvalue weighted by molar-refractivity contribution is 5.84. The van der Waals surface area contributed by atoms with Crippen molar-refractivity contribution < 1.29 is 13.9 Å². The van der Waals surface area contributed by atoms with E-state index in [0.29, 0.717) is 35.2 Å². The molecule has 24 heavy (non-hydrogen) atoms. The van der Waals surface area contributed by atoms with E-state index in [-0.39, 0.29) is 24.1 Å². The molecule has 1 atom stereocenters. The van der Waals surface area contributed by atoms with Crippen LogP contribution in [0.5, 0.6) is 0 Å². The van der Waals surface area contributed by atoms with Gasteiger partial charge in [0.05, 0.1) is 24.1 Å². The van der Waals surface area contributed by atoms with Crippen molar-refractivity contribution in [3.8, 4) is 6.07 Å². The van der Waals surface area contributed by atoms with Gasteiger partial charge in [-0.3, -0.25) is 9.78 Å². The third-order valence-electron chi connectivity index (χ3n) is 3.80. The number of pyridine rings is 1. The maximum atomic E-state index is 14.1. The standard InChI is InChI=1S/C19H21FN2O2/c1-12(2)11-24-19(23)14(6-5-9-21)15-10-16-17(20)7-4-8-18(16)22-13(15)3/h4,7-8,10,12,14H,5-6,11H2,1-3H3. The number of ether oxygens (including phenoxy) is 1. The minimum absolute atomic E-state index is 0.218. The van der Waals surface area contributed by atoms with Crippen molar-refractivity contribution >= 4 is 16.9 Å². The van der Waals surface area contributed by atoms with Gasteiger partial charge < -0.3 is 4.74 Å². The SMILES string of the molecule is Cc1nc2cccc(F)c2cc1C(CCC#N)C(=O)OCC(C)C. The number of nitrogens with zero attached hydrogens (tertiary/aromatic N) is 2. The van der Waals surface area contributed by atoms with Crippen LogP contribution in [0, 0.1) is 30.0 Å². The lowest BCUT2D eigenvalue weighted by molar-refractivity contribution is -0.146. The van der Waals surface area contributed by atoms with Crippen molar-refractivity contribution in [3.05, 3.63) is 41.3 Å². The van der Waals surface area contributed by atoms with E-state index in [2.05, 4.69) is 11.1 Å². The first-order valence-corrected chi connectivity index (χ1v) is 8.03. The molecule has 1 aromatic carbocycles. The predicted octanol–water partition coefficient (Wildman–Crippen LogP) is 4.27. The van der Waals surface area contributed by atoms with Crippen LogP contribution in [0.3, 0.4) is 0 Å². The Labute approximate surface area is 141 Å². The van der Waals surface area contributed by atoms with Crippen LogP contribution in [0.1, 0.15) is 43.9 Å². The minimum Gasteiger partial charge on any atom is -0.465 e. The van der Waals surface area contributed by atoms with Crippen molar-refractivity contribution in [1.82, 2.24) is 4.98 Å². The van der Waals surface area contributed by atoms with Gasteiger partial charge in [-0.2, -0.15) is 5.26 Å². The number of fused-ring (bicyclic) bond motifs is 1. The monoisotopic (exact) mass is 328 g/mol. The molecular formula is C19H21FN2O2. The van der Waals surface area contributed by atoms with Crippen LogP contribution in [-0.2, 0) is 9.53 Å². The van der Waals surface area contributed by atoms with Gasteiger partial charge in [0.2, 0.25) is 0 Å². The highest BCUT2D eigenvalue weighted by atomic mass is 19.1. The number of hydrogen-bond donors (Lipinski definition) is 0.